The molecule has 0 aliphatic heterocycles. The molecular formula is C22H29NO. The Balaban J connectivity index is 1.70. The molecule has 0 aromatic rings. The summed E-state index contributed by atoms with van der Waals surface area (Å²) < 4.78 is 0. The summed E-state index contributed by atoms with van der Waals surface area (Å²) in [6.45, 7) is 6.90. The van der Waals surface area contributed by atoms with Gasteiger partial charge in [0.25, 0.3) is 0 Å². The van der Waals surface area contributed by atoms with E-state index in [0.717, 1.165) is 49.0 Å². The summed E-state index contributed by atoms with van der Waals surface area (Å²) >= 11 is 0. The zero-order valence-electron chi connectivity index (χ0n) is 15.3. The lowest BCUT2D eigenvalue weighted by Crippen LogP contribution is -2.49. The van der Waals surface area contributed by atoms with Crippen LogP contribution in [0.3, 0.4) is 0 Å². The van der Waals surface area contributed by atoms with Crippen molar-refractivity contribution in [2.45, 2.75) is 72.1 Å². The number of rotatable bonds is 0. The Morgan fingerprint density at radius 1 is 1.08 bits per heavy atom. The predicted molar refractivity (Wildman–Crippen MR) is 95.0 cm³/mol. The van der Waals surface area contributed by atoms with Gasteiger partial charge in [-0.05, 0) is 86.5 Å². The Hall–Kier alpha value is -1.36. The van der Waals surface area contributed by atoms with E-state index < -0.39 is 0 Å². The maximum atomic E-state index is 11.9. The molecule has 24 heavy (non-hydrogen) atoms. The number of allylic oxidation sites excluding steroid dienone is 3. The van der Waals surface area contributed by atoms with Crippen molar-refractivity contribution in [3.63, 3.8) is 0 Å². The standard InChI is InChI=1S/C22H29NO/c1-14(13-23)18-6-7-19-17-5-4-15-12-16(24)8-10-21(15,2)20(17)9-11-22(18,19)3/h12,17,19-20H,4-11H2,1-3H3/b18-14-/t17-,19-,20-,21-,22+/m0/s1. The first-order chi connectivity index (χ1) is 11.4. The van der Waals surface area contributed by atoms with E-state index in [4.69, 9.17) is 0 Å². The number of nitriles is 1. The van der Waals surface area contributed by atoms with Gasteiger partial charge >= 0.3 is 0 Å². The van der Waals surface area contributed by atoms with Crippen LogP contribution in [0.5, 0.6) is 0 Å². The molecule has 128 valence electrons. The zero-order chi connectivity index (χ0) is 17.1. The molecular weight excluding hydrogens is 294 g/mol. The van der Waals surface area contributed by atoms with Crippen LogP contribution in [0.15, 0.2) is 22.8 Å². The van der Waals surface area contributed by atoms with E-state index in [1.807, 2.05) is 13.0 Å². The van der Waals surface area contributed by atoms with E-state index in [2.05, 4.69) is 19.9 Å². The van der Waals surface area contributed by atoms with Crippen LogP contribution < -0.4 is 0 Å². The van der Waals surface area contributed by atoms with E-state index in [1.54, 1.807) is 0 Å². The molecule has 5 atom stereocenters. The minimum atomic E-state index is 0.253. The first-order valence-corrected chi connectivity index (χ1v) is 9.74. The van der Waals surface area contributed by atoms with Crippen molar-refractivity contribution in [1.82, 2.24) is 0 Å². The Morgan fingerprint density at radius 3 is 2.58 bits per heavy atom. The maximum Gasteiger partial charge on any atom is 0.155 e. The van der Waals surface area contributed by atoms with Crippen LogP contribution in [-0.4, -0.2) is 5.78 Å². The molecule has 0 amide bonds. The van der Waals surface area contributed by atoms with Crippen LogP contribution in [0.1, 0.15) is 72.1 Å². The van der Waals surface area contributed by atoms with E-state index in [0.29, 0.717) is 5.78 Å². The fourth-order valence-electron chi connectivity index (χ4n) is 7.06. The second-order valence-corrected chi connectivity index (χ2v) is 9.18. The monoisotopic (exact) mass is 323 g/mol. The van der Waals surface area contributed by atoms with Crippen LogP contribution in [0, 0.1) is 39.9 Å². The number of carbonyl (C=O) groups is 1. The summed E-state index contributed by atoms with van der Waals surface area (Å²) in [6, 6.07) is 2.43. The van der Waals surface area contributed by atoms with Gasteiger partial charge in [-0.15, -0.1) is 0 Å². The van der Waals surface area contributed by atoms with Gasteiger partial charge < -0.3 is 0 Å². The number of nitrogens with zero attached hydrogens (tertiary/aromatic N) is 1. The highest BCUT2D eigenvalue weighted by molar-refractivity contribution is 5.91. The molecule has 0 heterocycles. The Bertz CT molecular complexity index is 693. The molecule has 2 nitrogen and oxygen atoms in total. The van der Waals surface area contributed by atoms with E-state index >= 15 is 0 Å². The number of fused-ring (bicyclic) bond motifs is 5. The summed E-state index contributed by atoms with van der Waals surface area (Å²) in [5.74, 6) is 2.61. The van der Waals surface area contributed by atoms with Crippen molar-refractivity contribution in [2.24, 2.45) is 28.6 Å². The van der Waals surface area contributed by atoms with Crippen LogP contribution in [0.4, 0.5) is 0 Å². The molecule has 0 aromatic carbocycles. The van der Waals surface area contributed by atoms with Crippen molar-refractivity contribution < 1.29 is 4.79 Å². The summed E-state index contributed by atoms with van der Waals surface area (Å²) in [5.41, 5.74) is 4.39. The molecule has 4 aliphatic rings. The van der Waals surface area contributed by atoms with Gasteiger partial charge in [-0.1, -0.05) is 25.0 Å². The van der Waals surface area contributed by atoms with E-state index in [1.165, 1.54) is 36.8 Å². The fourth-order valence-corrected chi connectivity index (χ4v) is 7.06. The van der Waals surface area contributed by atoms with Crippen molar-refractivity contribution in [3.05, 3.63) is 22.8 Å². The summed E-state index contributed by atoms with van der Waals surface area (Å²) in [6.07, 6.45) is 11.0. The van der Waals surface area contributed by atoms with Gasteiger partial charge in [0.2, 0.25) is 0 Å². The number of carbonyl (C=O) groups excluding carboxylic acids is 1. The molecule has 0 N–H and O–H groups in total. The molecule has 4 aliphatic carbocycles. The second kappa shape index (κ2) is 5.32. The van der Waals surface area contributed by atoms with Crippen molar-refractivity contribution in [2.75, 3.05) is 0 Å². The van der Waals surface area contributed by atoms with Gasteiger partial charge in [0.15, 0.2) is 5.78 Å². The minimum absolute atomic E-state index is 0.253. The lowest BCUT2D eigenvalue weighted by Gasteiger charge is -2.57. The summed E-state index contributed by atoms with van der Waals surface area (Å²) in [7, 11) is 0. The molecule has 0 spiro atoms. The molecule has 0 unspecified atom stereocenters. The van der Waals surface area contributed by atoms with Crippen molar-refractivity contribution in [1.29, 1.82) is 5.26 Å². The second-order valence-electron chi connectivity index (χ2n) is 9.18. The van der Waals surface area contributed by atoms with Crippen molar-refractivity contribution in [3.8, 4) is 6.07 Å². The summed E-state index contributed by atoms with van der Waals surface area (Å²) in [4.78, 5) is 11.9. The van der Waals surface area contributed by atoms with Gasteiger partial charge in [-0.25, -0.2) is 0 Å². The van der Waals surface area contributed by atoms with E-state index in [9.17, 15) is 10.1 Å². The predicted octanol–water partition coefficient (Wildman–Crippen LogP) is 5.36. The summed E-state index contributed by atoms with van der Waals surface area (Å²) in [5, 5.41) is 9.41. The Kier molecular flexibility index (Phi) is 3.57. The number of hydrogen-bond acceptors (Lipinski definition) is 2. The largest absolute Gasteiger partial charge is 0.295 e. The van der Waals surface area contributed by atoms with Gasteiger partial charge in [0.05, 0.1) is 6.07 Å². The topological polar surface area (TPSA) is 40.9 Å². The van der Waals surface area contributed by atoms with Gasteiger partial charge in [-0.3, -0.25) is 4.79 Å². The third kappa shape index (κ3) is 2.03. The molecule has 3 saturated carbocycles. The molecule has 0 bridgehead atoms. The fraction of sp³-hybridized carbons (Fsp3) is 0.727. The Labute approximate surface area is 146 Å². The molecule has 0 radical (unpaired) electrons. The third-order valence-electron chi connectivity index (χ3n) is 8.37. The minimum Gasteiger partial charge on any atom is -0.295 e. The number of ketones is 1. The van der Waals surface area contributed by atoms with Crippen LogP contribution in [0.25, 0.3) is 0 Å². The third-order valence-corrected chi connectivity index (χ3v) is 8.37. The lowest BCUT2D eigenvalue weighted by atomic mass is 9.47. The maximum absolute atomic E-state index is 11.9. The molecule has 4 rings (SSSR count). The Morgan fingerprint density at radius 2 is 1.83 bits per heavy atom. The average molecular weight is 323 g/mol. The average Bonchev–Trinajstić information content (AvgIpc) is 2.92. The highest BCUT2D eigenvalue weighted by atomic mass is 16.1. The van der Waals surface area contributed by atoms with Gasteiger partial charge in [0.1, 0.15) is 0 Å². The van der Waals surface area contributed by atoms with E-state index in [-0.39, 0.29) is 10.8 Å². The van der Waals surface area contributed by atoms with Crippen molar-refractivity contribution >= 4 is 5.78 Å². The van der Waals surface area contributed by atoms with Crippen LogP contribution >= 0.6 is 0 Å². The van der Waals surface area contributed by atoms with Gasteiger partial charge in [-0.2, -0.15) is 5.26 Å². The first kappa shape index (κ1) is 16.1. The molecule has 3 fully saturated rings. The normalized spacial score (nSPS) is 46.3. The highest BCUT2D eigenvalue weighted by Gasteiger charge is 2.57. The lowest BCUT2D eigenvalue weighted by molar-refractivity contribution is -0.117. The zero-order valence-corrected chi connectivity index (χ0v) is 15.3. The SMILES string of the molecule is C/C(C#N)=C1\CC[C@H]2[C@@H]3CCC4=CC(=O)CC[C@]4(C)[C@H]3CC[C@]12C. The van der Waals surface area contributed by atoms with Gasteiger partial charge in [0, 0.05) is 12.0 Å². The van der Waals surface area contributed by atoms with Crippen LogP contribution in [0.2, 0.25) is 0 Å². The highest BCUT2D eigenvalue weighted by Crippen LogP contribution is 2.66. The smallest absolute Gasteiger partial charge is 0.155 e. The van der Waals surface area contributed by atoms with Crippen LogP contribution in [-0.2, 0) is 4.79 Å². The molecule has 0 aromatic heterocycles. The quantitative estimate of drug-likeness (QED) is 0.563. The number of hydrogen-bond donors (Lipinski definition) is 0. The first-order valence-electron chi connectivity index (χ1n) is 9.74. The molecule has 2 heteroatoms. The molecule has 0 saturated heterocycles.